The summed E-state index contributed by atoms with van der Waals surface area (Å²) in [6, 6.07) is 7.08. The third kappa shape index (κ3) is 2.78. The van der Waals surface area contributed by atoms with Gasteiger partial charge in [0.25, 0.3) is 5.24 Å². The number of carbonyl (C=O) groups is 3. The summed E-state index contributed by atoms with van der Waals surface area (Å²) in [5.74, 6) is -0.867. The molecule has 0 aliphatic carbocycles. The number of methoxy groups -OCH3 is 1. The summed E-state index contributed by atoms with van der Waals surface area (Å²) in [5, 5.41) is -1.05. The normalized spacial score (nSPS) is 18.8. The summed E-state index contributed by atoms with van der Waals surface area (Å²) in [4.78, 5) is 36.3. The smallest absolute Gasteiger partial charge is 0.307 e. The number of thioether (sulfide) groups is 1. The first-order valence-corrected chi connectivity index (χ1v) is 6.59. The van der Waals surface area contributed by atoms with Gasteiger partial charge in [-0.2, -0.15) is 0 Å². The van der Waals surface area contributed by atoms with Gasteiger partial charge >= 0.3 is 5.97 Å². The van der Waals surface area contributed by atoms with Crippen LogP contribution in [0.25, 0.3) is 0 Å². The van der Waals surface area contributed by atoms with E-state index in [0.717, 1.165) is 22.2 Å². The van der Waals surface area contributed by atoms with Crippen LogP contribution in [0.5, 0.6) is 0 Å². The molecule has 1 heterocycles. The molecule has 0 bridgehead atoms. The minimum atomic E-state index is -0.693. The van der Waals surface area contributed by atoms with E-state index in [0.29, 0.717) is 5.69 Å². The number of hydrogen-bond donors (Lipinski definition) is 0. The Morgan fingerprint density at radius 1 is 1.32 bits per heavy atom. The molecule has 1 fully saturated rings. The van der Waals surface area contributed by atoms with E-state index < -0.39 is 11.2 Å². The Hall–Kier alpha value is -1.82. The van der Waals surface area contributed by atoms with E-state index in [1.807, 2.05) is 19.1 Å². The van der Waals surface area contributed by atoms with Gasteiger partial charge in [-0.25, -0.2) is 4.90 Å². The zero-order valence-corrected chi connectivity index (χ0v) is 11.4. The third-order valence-corrected chi connectivity index (χ3v) is 3.83. The van der Waals surface area contributed by atoms with Gasteiger partial charge in [-0.05, 0) is 30.8 Å². The molecule has 100 valence electrons. The van der Waals surface area contributed by atoms with Crippen LogP contribution >= 0.6 is 11.8 Å². The quantitative estimate of drug-likeness (QED) is 0.793. The lowest BCUT2D eigenvalue weighted by Crippen LogP contribution is -2.32. The number of hydrogen-bond acceptors (Lipinski definition) is 5. The van der Waals surface area contributed by atoms with E-state index in [4.69, 9.17) is 0 Å². The van der Waals surface area contributed by atoms with Gasteiger partial charge < -0.3 is 4.74 Å². The predicted octanol–water partition coefficient (Wildman–Crippen LogP) is 2.13. The second-order valence-electron chi connectivity index (χ2n) is 4.16. The molecule has 1 atom stereocenters. The van der Waals surface area contributed by atoms with Crippen LogP contribution in [0, 0.1) is 6.92 Å². The summed E-state index contributed by atoms with van der Waals surface area (Å²) in [5.41, 5.74) is 1.57. The maximum Gasteiger partial charge on any atom is 0.307 e. The largest absolute Gasteiger partial charge is 0.469 e. The van der Waals surface area contributed by atoms with Crippen molar-refractivity contribution in [3.63, 3.8) is 0 Å². The minimum absolute atomic E-state index is 0.0892. The van der Waals surface area contributed by atoms with Crippen LogP contribution in [0.3, 0.4) is 0 Å². The Morgan fingerprint density at radius 2 is 1.95 bits per heavy atom. The van der Waals surface area contributed by atoms with Crippen LogP contribution in [0.1, 0.15) is 12.0 Å². The number of carbonyl (C=O) groups excluding carboxylic acids is 3. The molecule has 1 aromatic rings. The van der Waals surface area contributed by atoms with Crippen molar-refractivity contribution >= 4 is 34.6 Å². The lowest BCUT2D eigenvalue weighted by Gasteiger charge is -2.13. The molecule has 0 unspecified atom stereocenters. The fourth-order valence-corrected chi connectivity index (χ4v) is 2.72. The van der Waals surface area contributed by atoms with E-state index in [2.05, 4.69) is 4.74 Å². The second kappa shape index (κ2) is 5.44. The number of rotatable bonds is 3. The Morgan fingerprint density at radius 3 is 2.53 bits per heavy atom. The summed E-state index contributed by atoms with van der Waals surface area (Å²) < 4.78 is 4.52. The van der Waals surface area contributed by atoms with Crippen molar-refractivity contribution in [1.29, 1.82) is 0 Å². The first-order chi connectivity index (χ1) is 9.02. The molecule has 2 amide bonds. The molecule has 0 radical (unpaired) electrons. The van der Waals surface area contributed by atoms with Gasteiger partial charge in [0.1, 0.15) is 5.25 Å². The van der Waals surface area contributed by atoms with Crippen molar-refractivity contribution in [2.45, 2.75) is 18.6 Å². The number of nitrogens with zero attached hydrogens (tertiary/aromatic N) is 1. The highest BCUT2D eigenvalue weighted by Gasteiger charge is 2.41. The predicted molar refractivity (Wildman–Crippen MR) is 72.1 cm³/mol. The standard InChI is InChI=1S/C13H13NO4S/c1-8-3-5-9(6-4-8)14-12(16)10(19-13(14)17)7-11(15)18-2/h3-6,10H,7H2,1-2H3/t10-/m0/s1. The van der Waals surface area contributed by atoms with Crippen LogP contribution in [0.4, 0.5) is 10.5 Å². The highest BCUT2D eigenvalue weighted by Crippen LogP contribution is 2.33. The zero-order chi connectivity index (χ0) is 14.0. The molecule has 0 aromatic heterocycles. The number of amides is 2. The molecular weight excluding hydrogens is 266 g/mol. The highest BCUT2D eigenvalue weighted by atomic mass is 32.2. The Bertz CT molecular complexity index is 526. The van der Waals surface area contributed by atoms with Gasteiger partial charge in [0.2, 0.25) is 5.91 Å². The van der Waals surface area contributed by atoms with Crippen molar-refractivity contribution in [3.05, 3.63) is 29.8 Å². The van der Waals surface area contributed by atoms with Gasteiger partial charge in [0, 0.05) is 0 Å². The lowest BCUT2D eigenvalue weighted by molar-refractivity contribution is -0.141. The molecule has 19 heavy (non-hydrogen) atoms. The average molecular weight is 279 g/mol. The lowest BCUT2D eigenvalue weighted by atomic mass is 10.2. The number of ether oxygens (including phenoxy) is 1. The van der Waals surface area contributed by atoms with Crippen molar-refractivity contribution in [2.24, 2.45) is 0 Å². The van der Waals surface area contributed by atoms with E-state index >= 15 is 0 Å². The number of anilines is 1. The molecule has 2 rings (SSSR count). The van der Waals surface area contributed by atoms with Gasteiger partial charge in [-0.3, -0.25) is 14.4 Å². The fraction of sp³-hybridized carbons (Fsp3) is 0.308. The highest BCUT2D eigenvalue weighted by molar-refractivity contribution is 8.15. The number of esters is 1. The molecule has 1 aliphatic rings. The molecule has 1 aromatic carbocycles. The molecule has 0 saturated carbocycles. The van der Waals surface area contributed by atoms with Crippen LogP contribution in [0.2, 0.25) is 0 Å². The minimum Gasteiger partial charge on any atom is -0.469 e. The summed E-state index contributed by atoms with van der Waals surface area (Å²) in [6.45, 7) is 1.92. The SMILES string of the molecule is COC(=O)C[C@@H]1SC(=O)N(c2ccc(C)cc2)C1=O. The van der Waals surface area contributed by atoms with E-state index in [1.54, 1.807) is 12.1 Å². The summed E-state index contributed by atoms with van der Waals surface area (Å²) in [7, 11) is 1.26. The molecule has 1 saturated heterocycles. The van der Waals surface area contributed by atoms with Gasteiger partial charge in [0.05, 0.1) is 19.2 Å². The fourth-order valence-electron chi connectivity index (χ4n) is 1.75. The topological polar surface area (TPSA) is 63.7 Å². The molecule has 0 spiro atoms. The summed E-state index contributed by atoms with van der Waals surface area (Å²) >= 11 is 0.861. The summed E-state index contributed by atoms with van der Waals surface area (Å²) in [6.07, 6.45) is -0.0892. The first kappa shape index (κ1) is 13.6. The number of benzene rings is 1. The Labute approximate surface area is 114 Å². The maximum atomic E-state index is 12.1. The van der Waals surface area contributed by atoms with Crippen molar-refractivity contribution < 1.29 is 19.1 Å². The number of aryl methyl sites for hydroxylation is 1. The van der Waals surface area contributed by atoms with E-state index in [-0.39, 0.29) is 17.6 Å². The molecule has 0 N–H and O–H groups in total. The van der Waals surface area contributed by atoms with Crippen molar-refractivity contribution in [3.8, 4) is 0 Å². The molecule has 6 heteroatoms. The van der Waals surface area contributed by atoms with Gasteiger partial charge in [-0.15, -0.1) is 0 Å². The Balaban J connectivity index is 2.19. The average Bonchev–Trinajstić information content (AvgIpc) is 2.66. The molecular formula is C13H13NO4S. The van der Waals surface area contributed by atoms with Crippen molar-refractivity contribution in [1.82, 2.24) is 0 Å². The first-order valence-electron chi connectivity index (χ1n) is 5.71. The van der Waals surface area contributed by atoms with Crippen LogP contribution in [-0.2, 0) is 14.3 Å². The van der Waals surface area contributed by atoms with Crippen LogP contribution in [0.15, 0.2) is 24.3 Å². The van der Waals surface area contributed by atoms with Gasteiger partial charge in [-0.1, -0.05) is 17.7 Å². The van der Waals surface area contributed by atoms with Crippen LogP contribution in [-0.4, -0.2) is 29.5 Å². The zero-order valence-electron chi connectivity index (χ0n) is 10.6. The van der Waals surface area contributed by atoms with Crippen LogP contribution < -0.4 is 4.90 Å². The maximum absolute atomic E-state index is 12.1. The van der Waals surface area contributed by atoms with E-state index in [1.165, 1.54) is 7.11 Å². The van der Waals surface area contributed by atoms with Gasteiger partial charge in [0.15, 0.2) is 0 Å². The monoisotopic (exact) mass is 279 g/mol. The Kier molecular flexibility index (Phi) is 3.90. The molecule has 1 aliphatic heterocycles. The second-order valence-corrected chi connectivity index (χ2v) is 5.32. The van der Waals surface area contributed by atoms with Crippen molar-refractivity contribution in [2.75, 3.05) is 12.0 Å². The van der Waals surface area contributed by atoms with E-state index in [9.17, 15) is 14.4 Å². The third-order valence-electron chi connectivity index (χ3n) is 2.79. The number of imide groups is 1. The molecule has 5 nitrogen and oxygen atoms in total.